The average Bonchev–Trinajstić information content (AvgIpc) is 2.56. The minimum absolute atomic E-state index is 0.198. The highest BCUT2D eigenvalue weighted by molar-refractivity contribution is 6.67. The zero-order chi connectivity index (χ0) is 11.0. The van der Waals surface area contributed by atoms with Crippen LogP contribution < -0.4 is 0 Å². The Morgan fingerprint density at radius 1 is 1.27 bits per heavy atom. The Morgan fingerprint density at radius 2 is 1.93 bits per heavy atom. The fourth-order valence-corrected chi connectivity index (χ4v) is 1.98. The van der Waals surface area contributed by atoms with Gasteiger partial charge in [0.1, 0.15) is 11.6 Å². The second-order valence-corrected chi connectivity index (χ2v) is 3.73. The van der Waals surface area contributed by atoms with E-state index < -0.39 is 16.9 Å². The molecule has 0 radical (unpaired) electrons. The third-order valence-electron chi connectivity index (χ3n) is 2.46. The number of hydrogen-bond acceptors (Lipinski definition) is 1. The normalized spacial score (nSPS) is 16.9. The van der Waals surface area contributed by atoms with Gasteiger partial charge in [0.15, 0.2) is 0 Å². The molecule has 0 saturated carbocycles. The maximum Gasteiger partial charge on any atom is 0.245 e. The average molecular weight is 229 g/mol. The number of carbonyl (C=O) groups excluding carboxylic acids is 1. The van der Waals surface area contributed by atoms with Crippen LogP contribution in [0, 0.1) is 11.6 Å². The Kier molecular flexibility index (Phi) is 2.57. The number of benzene rings is 1. The third-order valence-corrected chi connectivity index (χ3v) is 2.57. The van der Waals surface area contributed by atoms with Gasteiger partial charge in [-0.15, -0.1) is 0 Å². The molecule has 0 heterocycles. The largest absolute Gasteiger partial charge is 0.276 e. The molecule has 4 heteroatoms. The van der Waals surface area contributed by atoms with E-state index in [0.717, 1.165) is 18.2 Å². The first-order valence-electron chi connectivity index (χ1n) is 4.47. The van der Waals surface area contributed by atoms with Crippen molar-refractivity contribution in [2.75, 3.05) is 0 Å². The van der Waals surface area contributed by atoms with E-state index in [0.29, 0.717) is 24.0 Å². The van der Waals surface area contributed by atoms with Gasteiger partial charge in [0.25, 0.3) is 0 Å². The maximum absolute atomic E-state index is 13.4. The molecule has 0 spiro atoms. The molecule has 0 aromatic heterocycles. The van der Waals surface area contributed by atoms with Crippen LogP contribution in [0.3, 0.4) is 0 Å². The van der Waals surface area contributed by atoms with Gasteiger partial charge in [0.2, 0.25) is 5.24 Å². The van der Waals surface area contributed by atoms with Gasteiger partial charge in [-0.25, -0.2) is 8.78 Å². The highest BCUT2D eigenvalue weighted by Gasteiger charge is 2.23. The molecule has 1 aliphatic rings. The highest BCUT2D eigenvalue weighted by Crippen LogP contribution is 2.35. The molecule has 1 aromatic carbocycles. The Morgan fingerprint density at radius 3 is 2.60 bits per heavy atom. The number of allylic oxidation sites excluding steroid dienone is 2. The molecule has 0 bridgehead atoms. The minimum Gasteiger partial charge on any atom is -0.276 e. The van der Waals surface area contributed by atoms with Crippen molar-refractivity contribution in [1.82, 2.24) is 0 Å². The number of rotatable bonds is 1. The van der Waals surface area contributed by atoms with Gasteiger partial charge in [-0.2, -0.15) is 0 Å². The number of hydrogen-bond donors (Lipinski definition) is 0. The molecule has 1 nitrogen and oxygen atoms in total. The first-order valence-corrected chi connectivity index (χ1v) is 4.84. The summed E-state index contributed by atoms with van der Waals surface area (Å²) in [4.78, 5) is 10.7. The van der Waals surface area contributed by atoms with E-state index >= 15 is 0 Å². The first-order chi connectivity index (χ1) is 7.09. The Labute approximate surface area is 90.4 Å². The van der Waals surface area contributed by atoms with Crippen molar-refractivity contribution in [2.45, 2.75) is 12.8 Å². The van der Waals surface area contributed by atoms with Gasteiger partial charge in [-0.1, -0.05) is 0 Å². The van der Waals surface area contributed by atoms with E-state index in [2.05, 4.69) is 0 Å². The van der Waals surface area contributed by atoms with Crippen molar-refractivity contribution in [3.05, 3.63) is 41.0 Å². The van der Waals surface area contributed by atoms with Crippen LogP contribution in [0.4, 0.5) is 8.78 Å². The summed E-state index contributed by atoms with van der Waals surface area (Å²) in [5.41, 5.74) is 1.00. The summed E-state index contributed by atoms with van der Waals surface area (Å²) < 4.78 is 26.7. The lowest BCUT2D eigenvalue weighted by atomic mass is 10.1. The molecule has 0 amide bonds. The lowest BCUT2D eigenvalue weighted by Crippen LogP contribution is -1.92. The number of carbonyl (C=O) groups is 1. The van der Waals surface area contributed by atoms with Gasteiger partial charge in [-0.3, -0.25) is 4.79 Å². The van der Waals surface area contributed by atoms with Crippen LogP contribution in [-0.2, 0) is 11.2 Å². The molecule has 0 N–H and O–H groups in total. The molecule has 2 rings (SSSR count). The second kappa shape index (κ2) is 3.74. The van der Waals surface area contributed by atoms with Gasteiger partial charge in [0.05, 0.1) is 0 Å². The van der Waals surface area contributed by atoms with Gasteiger partial charge in [0, 0.05) is 11.6 Å². The fraction of sp³-hybridized carbons (Fsp3) is 0.182. The molecule has 1 aromatic rings. The fourth-order valence-electron chi connectivity index (χ4n) is 1.85. The van der Waals surface area contributed by atoms with Crippen molar-refractivity contribution < 1.29 is 13.6 Å². The van der Waals surface area contributed by atoms with Crippen molar-refractivity contribution in [2.24, 2.45) is 0 Å². The molecule has 15 heavy (non-hydrogen) atoms. The zero-order valence-corrected chi connectivity index (χ0v) is 8.44. The van der Waals surface area contributed by atoms with E-state index in [1.165, 1.54) is 0 Å². The minimum atomic E-state index is -0.665. The topological polar surface area (TPSA) is 17.1 Å². The van der Waals surface area contributed by atoms with E-state index in [9.17, 15) is 13.6 Å². The van der Waals surface area contributed by atoms with Crippen LogP contribution in [0.2, 0.25) is 0 Å². The predicted molar refractivity (Wildman–Crippen MR) is 53.5 cm³/mol. The lowest BCUT2D eigenvalue weighted by Gasteiger charge is -2.02. The molecule has 0 fully saturated rings. The van der Waals surface area contributed by atoms with Crippen molar-refractivity contribution in [1.29, 1.82) is 0 Å². The van der Waals surface area contributed by atoms with E-state index in [1.807, 2.05) is 0 Å². The summed E-state index contributed by atoms with van der Waals surface area (Å²) in [6.07, 6.45) is 2.01. The quantitative estimate of drug-likeness (QED) is 0.533. The molecular weight excluding hydrogens is 222 g/mol. The summed E-state index contributed by atoms with van der Waals surface area (Å²) in [5, 5.41) is -0.665. The van der Waals surface area contributed by atoms with Crippen molar-refractivity contribution >= 4 is 22.4 Å². The summed E-state index contributed by atoms with van der Waals surface area (Å²) in [7, 11) is 0. The Bertz CT molecular complexity index is 466. The van der Waals surface area contributed by atoms with Crippen LogP contribution >= 0.6 is 11.6 Å². The molecule has 0 saturated heterocycles. The van der Waals surface area contributed by atoms with Crippen molar-refractivity contribution in [3.63, 3.8) is 0 Å². The van der Waals surface area contributed by atoms with E-state index in [1.54, 1.807) is 0 Å². The molecule has 78 valence electrons. The molecule has 0 atom stereocenters. The third kappa shape index (κ3) is 1.79. The summed E-state index contributed by atoms with van der Waals surface area (Å²) in [6.45, 7) is 0. The monoisotopic (exact) mass is 228 g/mol. The van der Waals surface area contributed by atoms with E-state index in [-0.39, 0.29) is 5.56 Å². The van der Waals surface area contributed by atoms with Crippen LogP contribution in [0.1, 0.15) is 17.5 Å². The van der Waals surface area contributed by atoms with Gasteiger partial charge >= 0.3 is 0 Å². The predicted octanol–water partition coefficient (Wildman–Crippen LogP) is 3.06. The molecular formula is C11H7ClF2O. The number of fused-ring (bicyclic) bond motifs is 1. The van der Waals surface area contributed by atoms with Crippen LogP contribution in [0.25, 0.3) is 5.57 Å². The van der Waals surface area contributed by atoms with Gasteiger partial charge in [-0.05, 0) is 47.7 Å². The van der Waals surface area contributed by atoms with E-state index in [4.69, 9.17) is 11.6 Å². The second-order valence-electron chi connectivity index (χ2n) is 3.36. The van der Waals surface area contributed by atoms with Crippen LogP contribution in [0.15, 0.2) is 18.2 Å². The van der Waals surface area contributed by atoms with Crippen LogP contribution in [-0.4, -0.2) is 5.24 Å². The molecule has 1 aliphatic carbocycles. The first kappa shape index (κ1) is 10.3. The zero-order valence-electron chi connectivity index (χ0n) is 7.69. The highest BCUT2D eigenvalue weighted by atomic mass is 35.5. The molecule has 0 aliphatic heterocycles. The summed E-state index contributed by atoms with van der Waals surface area (Å²) in [6, 6.07) is 2.16. The standard InChI is InChI=1S/C11H7ClF2O/c12-10(15)5-6-1-2-7-8(13)3-4-9(14)11(6)7/h3-5H,1-2H2/b6-5+. The Hall–Kier alpha value is -1.22. The molecule has 0 unspecified atom stereocenters. The number of halogens is 3. The van der Waals surface area contributed by atoms with Crippen LogP contribution in [0.5, 0.6) is 0 Å². The van der Waals surface area contributed by atoms with Gasteiger partial charge < -0.3 is 0 Å². The Balaban J connectivity index is 2.60. The smallest absolute Gasteiger partial charge is 0.245 e. The summed E-state index contributed by atoms with van der Waals surface area (Å²) >= 11 is 5.18. The summed E-state index contributed by atoms with van der Waals surface area (Å²) in [5.74, 6) is -0.940. The maximum atomic E-state index is 13.4. The van der Waals surface area contributed by atoms with Crippen molar-refractivity contribution in [3.8, 4) is 0 Å². The SMILES string of the molecule is O=C(Cl)/C=C1\CCc2c(F)ccc(F)c21. The lowest BCUT2D eigenvalue weighted by molar-refractivity contribution is -0.107.